The Bertz CT molecular complexity index is 816. The fraction of sp³-hybridized carbons (Fsp3) is 0.409. The minimum absolute atomic E-state index is 0.0399. The van der Waals surface area contributed by atoms with Gasteiger partial charge in [-0.1, -0.05) is 18.2 Å². The Morgan fingerprint density at radius 3 is 2.44 bits per heavy atom. The first-order chi connectivity index (χ1) is 13.1. The third kappa shape index (κ3) is 3.88. The minimum Gasteiger partial charge on any atom is -0.327 e. The van der Waals surface area contributed by atoms with Crippen molar-refractivity contribution in [3.8, 4) is 0 Å². The SMILES string of the molecule is O=C(C[NH+]1CCCC1)N1CCC[C@@H](c2ccc(F)cc2)c2ccc(F)cc21. The molecule has 2 heterocycles. The number of likely N-dealkylation sites (tertiary alicyclic amines) is 1. The summed E-state index contributed by atoms with van der Waals surface area (Å²) >= 11 is 0. The second kappa shape index (κ2) is 7.77. The third-order valence-electron chi connectivity index (χ3n) is 5.82. The molecule has 1 N–H and O–H groups in total. The van der Waals surface area contributed by atoms with E-state index in [9.17, 15) is 13.6 Å². The molecular weight excluding hydrogens is 346 g/mol. The highest BCUT2D eigenvalue weighted by atomic mass is 19.1. The van der Waals surface area contributed by atoms with Crippen LogP contribution in [-0.2, 0) is 4.79 Å². The Morgan fingerprint density at radius 1 is 1.00 bits per heavy atom. The van der Waals surface area contributed by atoms with Crippen LogP contribution in [0.2, 0.25) is 0 Å². The number of amides is 1. The third-order valence-corrected chi connectivity index (χ3v) is 5.82. The Hall–Kier alpha value is -2.27. The van der Waals surface area contributed by atoms with Crippen LogP contribution in [0.5, 0.6) is 0 Å². The fourth-order valence-corrected chi connectivity index (χ4v) is 4.44. The number of halogens is 2. The first-order valence-electron chi connectivity index (χ1n) is 9.80. The molecule has 0 bridgehead atoms. The van der Waals surface area contributed by atoms with E-state index in [-0.39, 0.29) is 23.5 Å². The second-order valence-corrected chi connectivity index (χ2v) is 7.63. The molecule has 0 aromatic heterocycles. The standard InChI is InChI=1S/C22H24F2N2O/c23-17-7-5-16(6-8-17)19-4-3-13-26(21-14-18(24)9-10-20(19)21)22(27)15-25-11-1-2-12-25/h5-10,14,19H,1-4,11-13,15H2/p+1/t19-/m0/s1. The van der Waals surface area contributed by atoms with E-state index in [0.717, 1.165) is 37.1 Å². The largest absolute Gasteiger partial charge is 0.327 e. The second-order valence-electron chi connectivity index (χ2n) is 7.63. The Kier molecular flexibility index (Phi) is 5.21. The van der Waals surface area contributed by atoms with Crippen molar-refractivity contribution >= 4 is 11.6 Å². The number of hydrogen-bond donors (Lipinski definition) is 1. The Labute approximate surface area is 158 Å². The zero-order valence-electron chi connectivity index (χ0n) is 15.4. The van der Waals surface area contributed by atoms with E-state index in [2.05, 4.69) is 0 Å². The van der Waals surface area contributed by atoms with E-state index in [4.69, 9.17) is 0 Å². The van der Waals surface area contributed by atoms with Crippen molar-refractivity contribution in [3.63, 3.8) is 0 Å². The van der Waals surface area contributed by atoms with Crippen LogP contribution in [0, 0.1) is 11.6 Å². The monoisotopic (exact) mass is 371 g/mol. The van der Waals surface area contributed by atoms with E-state index >= 15 is 0 Å². The lowest BCUT2D eigenvalue weighted by Crippen LogP contribution is -3.11. The molecule has 0 radical (unpaired) electrons. The normalized spacial score (nSPS) is 20.4. The minimum atomic E-state index is -0.333. The number of carbonyl (C=O) groups is 1. The summed E-state index contributed by atoms with van der Waals surface area (Å²) in [7, 11) is 0. The molecule has 2 aliphatic rings. The van der Waals surface area contributed by atoms with Crippen LogP contribution in [0.4, 0.5) is 14.5 Å². The molecule has 142 valence electrons. The molecule has 5 heteroatoms. The van der Waals surface area contributed by atoms with Gasteiger partial charge in [-0.15, -0.1) is 0 Å². The van der Waals surface area contributed by atoms with Crippen molar-refractivity contribution in [2.45, 2.75) is 31.6 Å². The van der Waals surface area contributed by atoms with Gasteiger partial charge < -0.3 is 9.80 Å². The summed E-state index contributed by atoms with van der Waals surface area (Å²) in [5, 5.41) is 0. The van der Waals surface area contributed by atoms with E-state index in [1.165, 1.54) is 42.0 Å². The first-order valence-corrected chi connectivity index (χ1v) is 9.80. The van der Waals surface area contributed by atoms with E-state index in [1.807, 2.05) is 0 Å². The summed E-state index contributed by atoms with van der Waals surface area (Å²) in [6.45, 7) is 3.14. The van der Waals surface area contributed by atoms with Gasteiger partial charge in [0.05, 0.1) is 18.8 Å². The summed E-state index contributed by atoms with van der Waals surface area (Å²) in [5.41, 5.74) is 2.62. The summed E-state index contributed by atoms with van der Waals surface area (Å²) < 4.78 is 27.4. The zero-order valence-corrected chi connectivity index (χ0v) is 15.4. The highest BCUT2D eigenvalue weighted by Crippen LogP contribution is 2.39. The van der Waals surface area contributed by atoms with Crippen LogP contribution < -0.4 is 9.80 Å². The lowest BCUT2D eigenvalue weighted by molar-refractivity contribution is -0.878. The number of anilines is 1. The molecule has 2 aromatic rings. The van der Waals surface area contributed by atoms with Crippen molar-refractivity contribution in [2.24, 2.45) is 0 Å². The number of carbonyl (C=O) groups excluding carboxylic acids is 1. The maximum absolute atomic E-state index is 14.1. The van der Waals surface area contributed by atoms with Gasteiger partial charge in [0.15, 0.2) is 6.54 Å². The number of rotatable bonds is 3. The van der Waals surface area contributed by atoms with Crippen LogP contribution in [-0.4, -0.2) is 32.1 Å². The van der Waals surface area contributed by atoms with Gasteiger partial charge in [0.2, 0.25) is 0 Å². The van der Waals surface area contributed by atoms with Crippen molar-refractivity contribution < 1.29 is 18.5 Å². The number of quaternary nitrogens is 1. The van der Waals surface area contributed by atoms with Gasteiger partial charge in [-0.3, -0.25) is 4.79 Å². The highest BCUT2D eigenvalue weighted by Gasteiger charge is 2.30. The fourth-order valence-electron chi connectivity index (χ4n) is 4.44. The van der Waals surface area contributed by atoms with Gasteiger partial charge >= 0.3 is 0 Å². The smallest absolute Gasteiger partial charge is 0.282 e. The summed E-state index contributed by atoms with van der Waals surface area (Å²) in [5.74, 6) is -0.492. The topological polar surface area (TPSA) is 24.8 Å². The molecule has 3 nitrogen and oxygen atoms in total. The molecule has 27 heavy (non-hydrogen) atoms. The van der Waals surface area contributed by atoms with Crippen LogP contribution >= 0.6 is 0 Å². The molecule has 0 saturated carbocycles. The first kappa shape index (κ1) is 18.1. The van der Waals surface area contributed by atoms with Crippen LogP contribution in [0.15, 0.2) is 42.5 Å². The van der Waals surface area contributed by atoms with Gasteiger partial charge in [-0.25, -0.2) is 8.78 Å². The molecule has 4 rings (SSSR count). The van der Waals surface area contributed by atoms with E-state index in [0.29, 0.717) is 18.8 Å². The summed E-state index contributed by atoms with van der Waals surface area (Å²) in [6.07, 6.45) is 4.02. The predicted molar refractivity (Wildman–Crippen MR) is 101 cm³/mol. The maximum atomic E-state index is 14.1. The predicted octanol–water partition coefficient (Wildman–Crippen LogP) is 2.90. The van der Waals surface area contributed by atoms with Crippen LogP contribution in [0.1, 0.15) is 42.7 Å². The molecule has 0 unspecified atom stereocenters. The summed E-state index contributed by atoms with van der Waals surface area (Å²) in [6, 6.07) is 11.2. The van der Waals surface area contributed by atoms with Gasteiger partial charge in [-0.05, 0) is 48.2 Å². The number of benzene rings is 2. The highest BCUT2D eigenvalue weighted by molar-refractivity contribution is 5.95. The number of fused-ring (bicyclic) bond motifs is 1. The van der Waals surface area contributed by atoms with E-state index in [1.54, 1.807) is 23.1 Å². The van der Waals surface area contributed by atoms with Gasteiger partial charge in [0, 0.05) is 25.3 Å². The van der Waals surface area contributed by atoms with Crippen molar-refractivity contribution in [2.75, 3.05) is 31.1 Å². The Morgan fingerprint density at radius 2 is 1.70 bits per heavy atom. The molecule has 1 amide bonds. The molecule has 1 atom stereocenters. The number of nitrogens with zero attached hydrogens (tertiary/aromatic N) is 1. The average molecular weight is 371 g/mol. The molecular formula is C22H25F2N2O+. The number of nitrogens with one attached hydrogen (secondary N) is 1. The van der Waals surface area contributed by atoms with Crippen molar-refractivity contribution in [1.29, 1.82) is 0 Å². The van der Waals surface area contributed by atoms with Crippen LogP contribution in [0.3, 0.4) is 0 Å². The average Bonchev–Trinajstić information content (AvgIpc) is 3.09. The van der Waals surface area contributed by atoms with E-state index < -0.39 is 0 Å². The Balaban J connectivity index is 1.67. The molecule has 1 saturated heterocycles. The van der Waals surface area contributed by atoms with Crippen molar-refractivity contribution in [3.05, 3.63) is 65.2 Å². The zero-order chi connectivity index (χ0) is 18.8. The van der Waals surface area contributed by atoms with Gasteiger partial charge in [0.1, 0.15) is 11.6 Å². The molecule has 0 aliphatic carbocycles. The molecule has 2 aliphatic heterocycles. The maximum Gasteiger partial charge on any atom is 0.282 e. The van der Waals surface area contributed by atoms with Gasteiger partial charge in [-0.2, -0.15) is 0 Å². The summed E-state index contributed by atoms with van der Waals surface area (Å²) in [4.78, 5) is 16.1. The van der Waals surface area contributed by atoms with Crippen LogP contribution in [0.25, 0.3) is 0 Å². The number of hydrogen-bond acceptors (Lipinski definition) is 1. The lowest BCUT2D eigenvalue weighted by atomic mass is 9.87. The van der Waals surface area contributed by atoms with Gasteiger partial charge in [0.25, 0.3) is 5.91 Å². The lowest BCUT2D eigenvalue weighted by Gasteiger charge is -2.25. The molecule has 2 aromatic carbocycles. The molecule has 1 fully saturated rings. The quantitative estimate of drug-likeness (QED) is 0.882. The molecule has 0 spiro atoms. The van der Waals surface area contributed by atoms with Crippen molar-refractivity contribution in [1.82, 2.24) is 0 Å².